The average Bonchev–Trinajstić information content (AvgIpc) is 3.47. The summed E-state index contributed by atoms with van der Waals surface area (Å²) in [6.07, 6.45) is 6.77. The molecule has 0 spiro atoms. The molecule has 1 aliphatic carbocycles. The number of rotatable bonds is 6. The van der Waals surface area contributed by atoms with Gasteiger partial charge in [0.15, 0.2) is 11.6 Å². The number of aromatic nitrogens is 2. The lowest BCUT2D eigenvalue weighted by molar-refractivity contribution is 0.146. The zero-order valence-corrected chi connectivity index (χ0v) is 18.5. The van der Waals surface area contributed by atoms with Crippen molar-refractivity contribution in [1.82, 2.24) is 14.9 Å². The van der Waals surface area contributed by atoms with Gasteiger partial charge in [0.25, 0.3) is 0 Å². The van der Waals surface area contributed by atoms with Crippen molar-refractivity contribution in [2.24, 2.45) is 5.92 Å². The number of imidazole rings is 1. The van der Waals surface area contributed by atoms with Crippen LogP contribution in [-0.2, 0) is 11.8 Å². The number of nitrogens with zero attached hydrogens (tertiary/aromatic N) is 2. The first kappa shape index (κ1) is 20.1. The molecule has 2 aromatic carbocycles. The minimum atomic E-state index is -0.852. The highest BCUT2D eigenvalue weighted by Gasteiger charge is 2.37. The number of hydrogen-bond acceptors (Lipinski definition) is 2. The third-order valence-electron chi connectivity index (χ3n) is 6.90. The lowest BCUT2D eigenvalue weighted by atomic mass is 9.69. The number of nitrogens with one attached hydrogen (secondary N) is 1. The SMILES string of the molecule is Fc1cc2nc(CCC3(c4ccc(Br)cc4)CCN(CC4CC4)CC3)[nH]c2cc1F. The predicted octanol–water partition coefficient (Wildman–Crippen LogP) is 5.98. The lowest BCUT2D eigenvalue weighted by Crippen LogP contribution is -2.43. The fraction of sp³-hybridized carbons (Fsp3) is 0.458. The molecule has 1 aromatic heterocycles. The predicted molar refractivity (Wildman–Crippen MR) is 119 cm³/mol. The van der Waals surface area contributed by atoms with Gasteiger partial charge in [-0.05, 0) is 74.2 Å². The maximum Gasteiger partial charge on any atom is 0.161 e. The Morgan fingerprint density at radius 2 is 1.77 bits per heavy atom. The van der Waals surface area contributed by atoms with E-state index in [9.17, 15) is 8.78 Å². The number of hydrogen-bond donors (Lipinski definition) is 1. The van der Waals surface area contributed by atoms with E-state index in [2.05, 4.69) is 55.1 Å². The molecule has 158 valence electrons. The molecule has 1 N–H and O–H groups in total. The Morgan fingerprint density at radius 1 is 1.07 bits per heavy atom. The molecule has 2 heterocycles. The standard InChI is InChI=1S/C24H26BrF2N3/c25-18-5-3-17(4-6-18)24(9-11-30(12-10-24)15-16-1-2-16)8-7-23-28-21-13-19(26)20(27)14-22(21)29-23/h3-6,13-14,16H,1-2,7-12,15H2,(H,28,29). The second-order valence-corrected chi connectivity index (χ2v) is 9.91. The fourth-order valence-electron chi connectivity index (χ4n) is 4.85. The summed E-state index contributed by atoms with van der Waals surface area (Å²) in [6.45, 7) is 3.50. The van der Waals surface area contributed by atoms with E-state index in [-0.39, 0.29) is 5.41 Å². The zero-order chi connectivity index (χ0) is 20.7. The largest absolute Gasteiger partial charge is 0.342 e. The van der Waals surface area contributed by atoms with Crippen LogP contribution in [0.15, 0.2) is 40.9 Å². The van der Waals surface area contributed by atoms with Gasteiger partial charge in [0.2, 0.25) is 0 Å². The van der Waals surface area contributed by atoms with Gasteiger partial charge in [-0.25, -0.2) is 13.8 Å². The molecule has 2 fully saturated rings. The van der Waals surface area contributed by atoms with E-state index in [0.29, 0.717) is 11.0 Å². The molecule has 1 saturated carbocycles. The second kappa shape index (κ2) is 8.04. The van der Waals surface area contributed by atoms with Crippen LogP contribution in [0.4, 0.5) is 8.78 Å². The minimum Gasteiger partial charge on any atom is -0.342 e. The number of aryl methyl sites for hydroxylation is 1. The molecular formula is C24H26BrF2N3. The summed E-state index contributed by atoms with van der Waals surface area (Å²) >= 11 is 3.55. The van der Waals surface area contributed by atoms with E-state index in [4.69, 9.17) is 0 Å². The van der Waals surface area contributed by atoms with E-state index in [1.54, 1.807) is 0 Å². The van der Waals surface area contributed by atoms with Crippen LogP contribution >= 0.6 is 15.9 Å². The maximum atomic E-state index is 13.5. The molecule has 0 radical (unpaired) electrons. The Kier molecular flexibility index (Phi) is 5.40. The monoisotopic (exact) mass is 473 g/mol. The van der Waals surface area contributed by atoms with E-state index in [0.717, 1.165) is 55.0 Å². The number of likely N-dealkylation sites (tertiary alicyclic amines) is 1. The molecule has 3 aromatic rings. The minimum absolute atomic E-state index is 0.107. The van der Waals surface area contributed by atoms with Crippen LogP contribution < -0.4 is 0 Å². The number of H-pyrrole nitrogens is 1. The van der Waals surface area contributed by atoms with E-state index in [1.807, 2.05) is 0 Å². The highest BCUT2D eigenvalue weighted by molar-refractivity contribution is 9.10. The summed E-state index contributed by atoms with van der Waals surface area (Å²) in [5, 5.41) is 0. The van der Waals surface area contributed by atoms with Crippen molar-refractivity contribution in [2.75, 3.05) is 19.6 Å². The summed E-state index contributed by atoms with van der Waals surface area (Å²) in [6, 6.07) is 11.1. The summed E-state index contributed by atoms with van der Waals surface area (Å²) in [4.78, 5) is 10.3. The van der Waals surface area contributed by atoms with Crippen molar-refractivity contribution in [2.45, 2.75) is 43.9 Å². The van der Waals surface area contributed by atoms with Gasteiger partial charge in [-0.1, -0.05) is 28.1 Å². The van der Waals surface area contributed by atoms with Crippen molar-refractivity contribution < 1.29 is 8.78 Å². The topological polar surface area (TPSA) is 31.9 Å². The van der Waals surface area contributed by atoms with Gasteiger partial charge in [0, 0.05) is 29.6 Å². The molecule has 1 aliphatic heterocycles. The number of piperidine rings is 1. The van der Waals surface area contributed by atoms with Gasteiger partial charge >= 0.3 is 0 Å². The van der Waals surface area contributed by atoms with Crippen LogP contribution in [0.3, 0.4) is 0 Å². The summed E-state index contributed by atoms with van der Waals surface area (Å²) in [7, 11) is 0. The van der Waals surface area contributed by atoms with Crippen molar-refractivity contribution in [1.29, 1.82) is 0 Å². The summed E-state index contributed by atoms with van der Waals surface area (Å²) in [5.41, 5.74) is 2.53. The van der Waals surface area contributed by atoms with E-state index >= 15 is 0 Å². The maximum absolute atomic E-state index is 13.5. The first-order valence-corrected chi connectivity index (χ1v) is 11.6. The van der Waals surface area contributed by atoms with Crippen molar-refractivity contribution in [3.63, 3.8) is 0 Å². The second-order valence-electron chi connectivity index (χ2n) is 9.00. The molecule has 0 bridgehead atoms. The van der Waals surface area contributed by atoms with Gasteiger partial charge in [0.1, 0.15) is 5.82 Å². The van der Waals surface area contributed by atoms with E-state index < -0.39 is 11.6 Å². The number of aromatic amines is 1. The molecule has 1 saturated heterocycles. The molecule has 6 heteroatoms. The van der Waals surface area contributed by atoms with Gasteiger partial charge in [-0.2, -0.15) is 0 Å². The van der Waals surface area contributed by atoms with Crippen LogP contribution in [0.1, 0.15) is 43.5 Å². The third kappa shape index (κ3) is 4.17. The lowest BCUT2D eigenvalue weighted by Gasteiger charge is -2.42. The van der Waals surface area contributed by atoms with Crippen LogP contribution in [0.2, 0.25) is 0 Å². The Balaban J connectivity index is 1.36. The van der Waals surface area contributed by atoms with Gasteiger partial charge < -0.3 is 9.88 Å². The number of halogens is 3. The van der Waals surface area contributed by atoms with Crippen molar-refractivity contribution in [3.05, 3.63) is 63.9 Å². The Bertz CT molecular complexity index is 996. The number of benzene rings is 2. The van der Waals surface area contributed by atoms with E-state index in [1.165, 1.54) is 37.1 Å². The number of fused-ring (bicyclic) bond motifs is 1. The van der Waals surface area contributed by atoms with Crippen LogP contribution in [0.25, 0.3) is 11.0 Å². The summed E-state index contributed by atoms with van der Waals surface area (Å²) < 4.78 is 28.2. The first-order chi connectivity index (χ1) is 14.5. The Labute approximate surface area is 184 Å². The molecule has 0 unspecified atom stereocenters. The molecule has 0 amide bonds. The van der Waals surface area contributed by atoms with Crippen LogP contribution in [0, 0.1) is 17.6 Å². The smallest absolute Gasteiger partial charge is 0.161 e. The van der Waals surface area contributed by atoms with Crippen LogP contribution in [-0.4, -0.2) is 34.5 Å². The Morgan fingerprint density at radius 3 is 2.47 bits per heavy atom. The average molecular weight is 474 g/mol. The molecule has 30 heavy (non-hydrogen) atoms. The molecular weight excluding hydrogens is 448 g/mol. The summed E-state index contributed by atoms with van der Waals surface area (Å²) in [5.74, 6) is 0.0235. The molecule has 5 rings (SSSR count). The molecule has 0 atom stereocenters. The highest BCUT2D eigenvalue weighted by Crippen LogP contribution is 2.41. The highest BCUT2D eigenvalue weighted by atomic mass is 79.9. The third-order valence-corrected chi connectivity index (χ3v) is 7.43. The quantitative estimate of drug-likeness (QED) is 0.477. The van der Waals surface area contributed by atoms with Gasteiger partial charge in [-0.3, -0.25) is 0 Å². The van der Waals surface area contributed by atoms with Crippen molar-refractivity contribution >= 4 is 27.0 Å². The van der Waals surface area contributed by atoms with Crippen LogP contribution in [0.5, 0.6) is 0 Å². The van der Waals surface area contributed by atoms with Crippen molar-refractivity contribution in [3.8, 4) is 0 Å². The van der Waals surface area contributed by atoms with Gasteiger partial charge in [-0.15, -0.1) is 0 Å². The molecule has 2 aliphatic rings. The first-order valence-electron chi connectivity index (χ1n) is 10.8. The normalized spacial score (nSPS) is 19.4. The zero-order valence-electron chi connectivity index (χ0n) is 16.9. The Hall–Kier alpha value is -1.79. The fourth-order valence-corrected chi connectivity index (χ4v) is 5.11. The molecule has 3 nitrogen and oxygen atoms in total. The van der Waals surface area contributed by atoms with Gasteiger partial charge in [0.05, 0.1) is 11.0 Å².